The zero-order valence-corrected chi connectivity index (χ0v) is 22.2. The van der Waals surface area contributed by atoms with E-state index in [0.29, 0.717) is 11.4 Å². The van der Waals surface area contributed by atoms with Crippen molar-refractivity contribution >= 4 is 29.4 Å². The minimum absolute atomic E-state index is 0.0483. The highest BCUT2D eigenvalue weighted by atomic mass is 35.5. The molecular weight excluding hydrogens is 521 g/mol. The lowest BCUT2D eigenvalue weighted by Crippen LogP contribution is -2.76. The Kier molecular flexibility index (Phi) is 7.81. The number of carbonyl (C=O) groups is 3. The average Bonchev–Trinajstić information content (AvgIpc) is 2.91. The van der Waals surface area contributed by atoms with Crippen molar-refractivity contribution in [1.82, 2.24) is 25.1 Å². The first kappa shape index (κ1) is 26.6. The Labute approximate surface area is 231 Å². The Hall–Kier alpha value is -3.95. The van der Waals surface area contributed by atoms with Crippen LogP contribution < -0.4 is 5.32 Å². The number of hydrogen-bond acceptors (Lipinski definition) is 4. The Balaban J connectivity index is 1.44. The highest BCUT2D eigenvalue weighted by Gasteiger charge is 2.50. The molecule has 1 N–H and O–H groups in total. The molecule has 4 amide bonds. The lowest BCUT2D eigenvalue weighted by atomic mass is 9.98. The number of carbonyl (C=O) groups excluding carboxylic acids is 3. The van der Waals surface area contributed by atoms with Gasteiger partial charge in [-0.15, -0.1) is 0 Å². The van der Waals surface area contributed by atoms with Gasteiger partial charge in [-0.25, -0.2) is 19.2 Å². The lowest BCUT2D eigenvalue weighted by Gasteiger charge is -2.54. The SMILES string of the molecule is CN1CC(=O)N2[C@@H](Cc3ccccc3)C(=O)N(Cc3cccc(Cl)c3)C[C@@H]2N1C(=O)NCc1ccc(F)cc1. The van der Waals surface area contributed by atoms with Gasteiger partial charge >= 0.3 is 6.03 Å². The summed E-state index contributed by atoms with van der Waals surface area (Å²) in [5, 5.41) is 6.52. The van der Waals surface area contributed by atoms with Crippen LogP contribution in [0.5, 0.6) is 0 Å². The van der Waals surface area contributed by atoms with Gasteiger partial charge in [0.2, 0.25) is 11.8 Å². The largest absolute Gasteiger partial charge is 0.334 e. The first-order valence-corrected chi connectivity index (χ1v) is 13.1. The maximum Gasteiger partial charge on any atom is 0.334 e. The molecule has 0 aromatic heterocycles. The van der Waals surface area contributed by atoms with Crippen molar-refractivity contribution in [3.63, 3.8) is 0 Å². The van der Waals surface area contributed by atoms with Gasteiger partial charge in [0, 0.05) is 31.6 Å². The molecule has 2 atom stereocenters. The van der Waals surface area contributed by atoms with Crippen LogP contribution in [0.2, 0.25) is 5.02 Å². The van der Waals surface area contributed by atoms with Crippen molar-refractivity contribution in [2.24, 2.45) is 0 Å². The Bertz CT molecular complexity index is 1360. The van der Waals surface area contributed by atoms with Gasteiger partial charge in [0.15, 0.2) is 0 Å². The number of hydrogen-bond donors (Lipinski definition) is 1. The third-order valence-electron chi connectivity index (χ3n) is 7.04. The highest BCUT2D eigenvalue weighted by molar-refractivity contribution is 6.30. The predicted octanol–water partition coefficient (Wildman–Crippen LogP) is 3.66. The second kappa shape index (κ2) is 11.4. The van der Waals surface area contributed by atoms with Crippen LogP contribution in [0.25, 0.3) is 0 Å². The van der Waals surface area contributed by atoms with E-state index in [9.17, 15) is 18.8 Å². The molecule has 2 heterocycles. The fourth-order valence-corrected chi connectivity index (χ4v) is 5.41. The van der Waals surface area contributed by atoms with Crippen LogP contribution in [0.1, 0.15) is 16.7 Å². The normalized spacial score (nSPS) is 19.7. The zero-order chi connectivity index (χ0) is 27.5. The third-order valence-corrected chi connectivity index (χ3v) is 7.27. The topological polar surface area (TPSA) is 76.2 Å². The van der Waals surface area contributed by atoms with E-state index >= 15 is 0 Å². The molecule has 3 aromatic rings. The molecule has 2 saturated heterocycles. The number of rotatable bonds is 6. The summed E-state index contributed by atoms with van der Waals surface area (Å²) in [7, 11) is 1.68. The number of fused-ring (bicyclic) bond motifs is 1. The molecule has 2 aliphatic heterocycles. The summed E-state index contributed by atoms with van der Waals surface area (Å²) in [6, 6.07) is 21.5. The van der Waals surface area contributed by atoms with Crippen molar-refractivity contribution < 1.29 is 18.8 Å². The molecule has 2 aliphatic rings. The zero-order valence-electron chi connectivity index (χ0n) is 21.5. The summed E-state index contributed by atoms with van der Waals surface area (Å²) in [6.45, 7) is 0.560. The van der Waals surface area contributed by atoms with Gasteiger partial charge in [0.1, 0.15) is 18.0 Å². The van der Waals surface area contributed by atoms with Gasteiger partial charge in [-0.3, -0.25) is 9.59 Å². The first-order chi connectivity index (χ1) is 18.8. The summed E-state index contributed by atoms with van der Waals surface area (Å²) in [6.07, 6.45) is -0.391. The number of hydrazine groups is 1. The molecule has 0 bridgehead atoms. The Morgan fingerprint density at radius 3 is 2.41 bits per heavy atom. The van der Waals surface area contributed by atoms with Gasteiger partial charge < -0.3 is 15.1 Å². The molecule has 0 unspecified atom stereocenters. The smallest absolute Gasteiger partial charge is 0.333 e. The van der Waals surface area contributed by atoms with Crippen molar-refractivity contribution in [1.29, 1.82) is 0 Å². The second-order valence-electron chi connectivity index (χ2n) is 9.78. The van der Waals surface area contributed by atoms with E-state index in [2.05, 4.69) is 5.32 Å². The van der Waals surface area contributed by atoms with Crippen molar-refractivity contribution in [2.75, 3.05) is 20.1 Å². The average molecular weight is 550 g/mol. The van der Waals surface area contributed by atoms with E-state index in [4.69, 9.17) is 11.6 Å². The van der Waals surface area contributed by atoms with Crippen LogP contribution in [0.4, 0.5) is 9.18 Å². The maximum absolute atomic E-state index is 13.9. The number of nitrogens with zero attached hydrogens (tertiary/aromatic N) is 4. The molecular formula is C29H29ClFN5O3. The maximum atomic E-state index is 13.9. The molecule has 10 heteroatoms. The first-order valence-electron chi connectivity index (χ1n) is 12.7. The number of halogens is 2. The summed E-state index contributed by atoms with van der Waals surface area (Å²) in [5.74, 6) is -0.757. The van der Waals surface area contributed by atoms with E-state index in [1.807, 2.05) is 42.5 Å². The van der Waals surface area contributed by atoms with Crippen LogP contribution in [0.3, 0.4) is 0 Å². The number of nitrogens with one attached hydrogen (secondary N) is 1. The number of piperazine rings is 1. The van der Waals surface area contributed by atoms with Gasteiger partial charge in [0.25, 0.3) is 0 Å². The van der Waals surface area contributed by atoms with Gasteiger partial charge in [-0.05, 0) is 41.0 Å². The monoisotopic (exact) mass is 549 g/mol. The van der Waals surface area contributed by atoms with E-state index < -0.39 is 18.2 Å². The molecule has 0 aliphatic carbocycles. The molecule has 0 saturated carbocycles. The van der Waals surface area contributed by atoms with Crippen LogP contribution in [0, 0.1) is 5.82 Å². The van der Waals surface area contributed by atoms with Gasteiger partial charge in [-0.1, -0.05) is 66.2 Å². The lowest BCUT2D eigenvalue weighted by molar-refractivity contribution is -0.187. The summed E-state index contributed by atoms with van der Waals surface area (Å²) >= 11 is 6.20. The molecule has 5 rings (SSSR count). The standard InChI is InChI=1S/C29H29ClFN5O3/c1-33-19-27(37)35-25(15-20-6-3-2-4-7-20)28(38)34(17-22-8-5-9-23(30)14-22)18-26(35)36(33)29(39)32-16-21-10-12-24(31)13-11-21/h2-14,25-26H,15-19H2,1H3,(H,32,39)/t25-,26-/m0/s1. The van der Waals surface area contributed by atoms with Crippen LogP contribution >= 0.6 is 11.6 Å². The molecule has 3 aromatic carbocycles. The van der Waals surface area contributed by atoms with Crippen LogP contribution in [-0.4, -0.2) is 70.0 Å². The summed E-state index contributed by atoms with van der Waals surface area (Å²) in [4.78, 5) is 44.0. The summed E-state index contributed by atoms with van der Waals surface area (Å²) < 4.78 is 13.3. The molecule has 0 radical (unpaired) electrons. The fraction of sp³-hybridized carbons (Fsp3) is 0.276. The van der Waals surface area contributed by atoms with Crippen molar-refractivity contribution in [3.05, 3.63) is 106 Å². The minimum Gasteiger partial charge on any atom is -0.333 e. The second-order valence-corrected chi connectivity index (χ2v) is 10.2. The molecule has 8 nitrogen and oxygen atoms in total. The van der Waals surface area contributed by atoms with Gasteiger partial charge in [-0.2, -0.15) is 0 Å². The fourth-order valence-electron chi connectivity index (χ4n) is 5.20. The van der Waals surface area contributed by atoms with Crippen molar-refractivity contribution in [2.45, 2.75) is 31.7 Å². The van der Waals surface area contributed by atoms with Crippen LogP contribution in [0.15, 0.2) is 78.9 Å². The summed E-state index contributed by atoms with van der Waals surface area (Å²) in [5.41, 5.74) is 2.50. The number of likely N-dealkylation sites (N-methyl/N-ethyl adjacent to an activating group) is 1. The Morgan fingerprint density at radius 2 is 1.69 bits per heavy atom. The van der Waals surface area contributed by atoms with E-state index in [0.717, 1.165) is 16.7 Å². The third kappa shape index (κ3) is 5.89. The molecule has 2 fully saturated rings. The van der Waals surface area contributed by atoms with E-state index in [-0.39, 0.29) is 43.8 Å². The molecule has 202 valence electrons. The highest BCUT2D eigenvalue weighted by Crippen LogP contribution is 2.29. The molecule has 0 spiro atoms. The quantitative estimate of drug-likeness (QED) is 0.509. The number of benzene rings is 3. The molecule has 39 heavy (non-hydrogen) atoms. The minimum atomic E-state index is -0.779. The van der Waals surface area contributed by atoms with Crippen molar-refractivity contribution in [3.8, 4) is 0 Å². The number of amides is 4. The predicted molar refractivity (Wildman–Crippen MR) is 145 cm³/mol. The van der Waals surface area contributed by atoms with E-state index in [1.165, 1.54) is 17.1 Å². The number of urea groups is 1. The van der Waals surface area contributed by atoms with Gasteiger partial charge in [0.05, 0.1) is 13.1 Å². The Morgan fingerprint density at radius 1 is 0.974 bits per heavy atom. The van der Waals surface area contributed by atoms with Crippen LogP contribution in [-0.2, 0) is 29.1 Å². The van der Waals surface area contributed by atoms with E-state index in [1.54, 1.807) is 46.1 Å².